The molecule has 3 N–H and O–H groups in total. The van der Waals surface area contributed by atoms with Crippen molar-refractivity contribution in [2.75, 3.05) is 16.8 Å². The highest BCUT2D eigenvalue weighted by Gasteiger charge is 2.31. The predicted octanol–water partition coefficient (Wildman–Crippen LogP) is 1.93. The lowest BCUT2D eigenvalue weighted by atomic mass is 10.2. The first-order valence-corrected chi connectivity index (χ1v) is 8.49. The van der Waals surface area contributed by atoms with Crippen molar-refractivity contribution in [1.29, 1.82) is 0 Å². The number of nitrogens with two attached hydrogens (primary N) is 1. The van der Waals surface area contributed by atoms with Crippen LogP contribution in [0.15, 0.2) is 36.8 Å². The van der Waals surface area contributed by atoms with Gasteiger partial charge >= 0.3 is 0 Å². The molecule has 1 aromatic carbocycles. The topological polar surface area (TPSA) is 110 Å². The van der Waals surface area contributed by atoms with Crippen LogP contribution in [0.25, 0.3) is 11.0 Å². The number of carbonyl (C=O) groups excluding carboxylic acids is 1. The molecule has 1 saturated heterocycles. The zero-order valence-electron chi connectivity index (χ0n) is 14.4. The van der Waals surface area contributed by atoms with E-state index in [4.69, 9.17) is 5.73 Å². The Hall–Kier alpha value is -3.29. The van der Waals surface area contributed by atoms with Crippen LogP contribution in [-0.2, 0) is 4.79 Å². The number of nitrogens with one attached hydrogen (secondary N) is 1. The minimum absolute atomic E-state index is 0.353. The quantitative estimate of drug-likeness (QED) is 0.740. The minimum atomic E-state index is -0.370. The number of nitrogens with zero attached hydrogens (tertiary/aromatic N) is 5. The van der Waals surface area contributed by atoms with Crippen molar-refractivity contribution in [3.63, 3.8) is 0 Å². The summed E-state index contributed by atoms with van der Waals surface area (Å²) in [7, 11) is 0. The number of rotatable bonds is 4. The maximum Gasteiger partial charge on any atom is 0.240 e. The van der Waals surface area contributed by atoms with Crippen LogP contribution in [-0.4, -0.2) is 38.4 Å². The SMILES string of the molecule is Cc1cccc(Nc2ncnc3cnc(N4CCCC4C(N)=O)nc23)c1. The van der Waals surface area contributed by atoms with Gasteiger partial charge in [-0.3, -0.25) is 4.79 Å². The molecule has 1 aliphatic heterocycles. The largest absolute Gasteiger partial charge is 0.368 e. The zero-order chi connectivity index (χ0) is 18.1. The van der Waals surface area contributed by atoms with Crippen LogP contribution in [0.3, 0.4) is 0 Å². The molecule has 3 heterocycles. The number of hydrogen-bond acceptors (Lipinski definition) is 7. The summed E-state index contributed by atoms with van der Waals surface area (Å²) in [5.41, 5.74) is 8.81. The molecule has 0 saturated carbocycles. The maximum absolute atomic E-state index is 11.7. The zero-order valence-corrected chi connectivity index (χ0v) is 14.4. The van der Waals surface area contributed by atoms with Gasteiger partial charge in [0, 0.05) is 12.2 Å². The van der Waals surface area contributed by atoms with Crippen molar-refractivity contribution < 1.29 is 4.79 Å². The summed E-state index contributed by atoms with van der Waals surface area (Å²) < 4.78 is 0. The second-order valence-electron chi connectivity index (χ2n) is 6.37. The molecule has 132 valence electrons. The van der Waals surface area contributed by atoms with Crippen molar-refractivity contribution in [3.8, 4) is 0 Å². The molecule has 1 atom stereocenters. The summed E-state index contributed by atoms with van der Waals surface area (Å²) in [5.74, 6) is 0.716. The standard InChI is InChI=1S/C18H19N7O/c1-11-4-2-5-12(8-11)23-17-15-13(21-10-22-17)9-20-18(24-15)25-7-3-6-14(25)16(19)26/h2,4-5,8-10,14H,3,6-7H2,1H3,(H2,19,26)(H,21,22,23). The Morgan fingerprint density at radius 1 is 1.31 bits per heavy atom. The summed E-state index contributed by atoms with van der Waals surface area (Å²) in [6, 6.07) is 7.63. The van der Waals surface area contributed by atoms with E-state index >= 15 is 0 Å². The smallest absolute Gasteiger partial charge is 0.240 e. The van der Waals surface area contributed by atoms with E-state index in [0.717, 1.165) is 24.1 Å². The minimum Gasteiger partial charge on any atom is -0.368 e. The lowest BCUT2D eigenvalue weighted by Crippen LogP contribution is -2.41. The number of primary amides is 1. The molecule has 1 unspecified atom stereocenters. The van der Waals surface area contributed by atoms with E-state index in [1.54, 1.807) is 6.20 Å². The third-order valence-electron chi connectivity index (χ3n) is 4.48. The normalized spacial score (nSPS) is 16.8. The number of hydrogen-bond donors (Lipinski definition) is 2. The van der Waals surface area contributed by atoms with Crippen molar-refractivity contribution in [2.45, 2.75) is 25.8 Å². The number of amides is 1. The Labute approximate surface area is 150 Å². The van der Waals surface area contributed by atoms with E-state index in [-0.39, 0.29) is 11.9 Å². The first-order chi connectivity index (χ1) is 12.6. The average Bonchev–Trinajstić information content (AvgIpc) is 3.12. The molecule has 0 radical (unpaired) electrons. The van der Waals surface area contributed by atoms with Gasteiger partial charge in [-0.1, -0.05) is 12.1 Å². The summed E-state index contributed by atoms with van der Waals surface area (Å²) in [6.45, 7) is 2.73. The molecule has 0 spiro atoms. The van der Waals surface area contributed by atoms with Gasteiger partial charge in [0.05, 0.1) is 6.20 Å². The maximum atomic E-state index is 11.7. The first-order valence-electron chi connectivity index (χ1n) is 8.49. The van der Waals surface area contributed by atoms with Crippen LogP contribution < -0.4 is 16.0 Å². The summed E-state index contributed by atoms with van der Waals surface area (Å²) >= 11 is 0. The lowest BCUT2D eigenvalue weighted by molar-refractivity contribution is -0.119. The molecule has 4 rings (SSSR count). The van der Waals surface area contributed by atoms with E-state index in [0.29, 0.717) is 29.3 Å². The number of anilines is 3. The molecular weight excluding hydrogens is 330 g/mol. The Bertz CT molecular complexity index is 975. The van der Waals surface area contributed by atoms with Crippen molar-refractivity contribution in [3.05, 3.63) is 42.4 Å². The predicted molar refractivity (Wildman–Crippen MR) is 99.2 cm³/mol. The number of aromatic nitrogens is 4. The molecule has 0 bridgehead atoms. The van der Waals surface area contributed by atoms with E-state index in [1.807, 2.05) is 36.1 Å². The number of carbonyl (C=O) groups is 1. The molecule has 26 heavy (non-hydrogen) atoms. The fourth-order valence-corrected chi connectivity index (χ4v) is 3.24. The van der Waals surface area contributed by atoms with E-state index in [2.05, 4.69) is 25.3 Å². The molecule has 3 aromatic rings. The Morgan fingerprint density at radius 3 is 3.00 bits per heavy atom. The molecule has 8 nitrogen and oxygen atoms in total. The first kappa shape index (κ1) is 16.2. The fraction of sp³-hybridized carbons (Fsp3) is 0.278. The van der Waals surface area contributed by atoms with Gasteiger partial charge in [-0.15, -0.1) is 0 Å². The molecule has 2 aromatic heterocycles. The van der Waals surface area contributed by atoms with Crippen LogP contribution in [0.2, 0.25) is 0 Å². The molecule has 1 aliphatic rings. The number of benzene rings is 1. The van der Waals surface area contributed by atoms with Gasteiger partial charge < -0.3 is 16.0 Å². The van der Waals surface area contributed by atoms with Crippen molar-refractivity contribution >= 4 is 34.4 Å². The van der Waals surface area contributed by atoms with Gasteiger partial charge in [-0.2, -0.15) is 0 Å². The molecular formula is C18H19N7O. The second kappa shape index (κ2) is 6.55. The van der Waals surface area contributed by atoms with Crippen LogP contribution in [0, 0.1) is 6.92 Å². The van der Waals surface area contributed by atoms with Gasteiger partial charge in [-0.25, -0.2) is 19.9 Å². The fourth-order valence-electron chi connectivity index (χ4n) is 3.24. The van der Waals surface area contributed by atoms with E-state index in [1.165, 1.54) is 6.33 Å². The molecule has 8 heteroatoms. The van der Waals surface area contributed by atoms with Gasteiger partial charge in [0.15, 0.2) is 5.82 Å². The van der Waals surface area contributed by atoms with Gasteiger partial charge in [-0.05, 0) is 37.5 Å². The van der Waals surface area contributed by atoms with Crippen LogP contribution in [0.5, 0.6) is 0 Å². The van der Waals surface area contributed by atoms with Gasteiger partial charge in [0.25, 0.3) is 0 Å². The monoisotopic (exact) mass is 349 g/mol. The lowest BCUT2D eigenvalue weighted by Gasteiger charge is -2.22. The summed E-state index contributed by atoms with van der Waals surface area (Å²) in [5, 5.41) is 3.29. The average molecular weight is 349 g/mol. The van der Waals surface area contributed by atoms with Crippen LogP contribution in [0.1, 0.15) is 18.4 Å². The highest BCUT2D eigenvalue weighted by Crippen LogP contribution is 2.26. The van der Waals surface area contributed by atoms with Crippen molar-refractivity contribution in [2.24, 2.45) is 5.73 Å². The van der Waals surface area contributed by atoms with E-state index < -0.39 is 0 Å². The Morgan fingerprint density at radius 2 is 2.19 bits per heavy atom. The second-order valence-corrected chi connectivity index (χ2v) is 6.37. The number of aryl methyl sites for hydroxylation is 1. The molecule has 0 aliphatic carbocycles. The van der Waals surface area contributed by atoms with E-state index in [9.17, 15) is 4.79 Å². The van der Waals surface area contributed by atoms with Crippen molar-refractivity contribution in [1.82, 2.24) is 19.9 Å². The Balaban J connectivity index is 1.74. The summed E-state index contributed by atoms with van der Waals surface area (Å²) in [6.07, 6.45) is 4.73. The highest BCUT2D eigenvalue weighted by molar-refractivity contribution is 5.88. The van der Waals surface area contributed by atoms with Gasteiger partial charge in [0.1, 0.15) is 23.4 Å². The third-order valence-corrected chi connectivity index (χ3v) is 4.48. The Kier molecular flexibility index (Phi) is 4.08. The third kappa shape index (κ3) is 3.01. The van der Waals surface area contributed by atoms with Crippen LogP contribution >= 0.6 is 0 Å². The molecule has 1 fully saturated rings. The van der Waals surface area contributed by atoms with Gasteiger partial charge in [0.2, 0.25) is 11.9 Å². The number of fused-ring (bicyclic) bond motifs is 1. The highest BCUT2D eigenvalue weighted by atomic mass is 16.1. The summed E-state index contributed by atoms with van der Waals surface area (Å²) in [4.78, 5) is 31.1. The molecule has 1 amide bonds. The van der Waals surface area contributed by atoms with Crippen LogP contribution in [0.4, 0.5) is 17.5 Å².